The van der Waals surface area contributed by atoms with Crippen LogP contribution < -0.4 is 0 Å². The Bertz CT molecular complexity index is 279. The van der Waals surface area contributed by atoms with Gasteiger partial charge in [-0.1, -0.05) is 23.2 Å². The molecule has 0 saturated heterocycles. The van der Waals surface area contributed by atoms with Gasteiger partial charge < -0.3 is 0 Å². The Balaban J connectivity index is 3.46. The first-order chi connectivity index (χ1) is 5.04. The maximum absolute atomic E-state index is 7.24. The summed E-state index contributed by atoms with van der Waals surface area (Å²) in [6.45, 7) is 0. The molecule has 9 heavy (non-hydrogen) atoms. The maximum Gasteiger partial charge on any atom is 0.130 e. The molecule has 0 aliphatic rings. The Morgan fingerprint density at radius 3 is 3.00 bits per heavy atom. The van der Waals surface area contributed by atoms with Gasteiger partial charge in [0.1, 0.15) is 5.15 Å². The zero-order valence-electron chi connectivity index (χ0n) is 6.08. The van der Waals surface area contributed by atoms with Crippen LogP contribution in [-0.4, -0.2) is 4.98 Å². The van der Waals surface area contributed by atoms with Gasteiger partial charge in [0.05, 0.1) is 12.2 Å². The highest BCUT2D eigenvalue weighted by Gasteiger charge is 1.95. The molecule has 0 aliphatic carbocycles. The highest BCUT2D eigenvalue weighted by Crippen LogP contribution is 2.22. The largest absolute Gasteiger partial charge is 0.243 e. The first kappa shape index (κ1) is 4.94. The van der Waals surface area contributed by atoms with Gasteiger partial charge in [0, 0.05) is 6.17 Å². The van der Waals surface area contributed by atoms with Gasteiger partial charge in [-0.2, -0.15) is 0 Å². The fourth-order valence-corrected chi connectivity index (χ4v) is 0.825. The number of rotatable bonds is 0. The Hall–Kier alpha value is 0.210. The van der Waals surface area contributed by atoms with Crippen LogP contribution in [0.4, 0.5) is 0 Å². The van der Waals surface area contributed by atoms with E-state index >= 15 is 0 Å². The van der Waals surface area contributed by atoms with Crippen molar-refractivity contribution in [2.45, 2.75) is 0 Å². The van der Waals surface area contributed by atoms with Crippen molar-refractivity contribution >= 4 is 39.1 Å². The maximum atomic E-state index is 7.24. The first-order valence-electron chi connectivity index (χ1n) is 3.01. The zero-order chi connectivity index (χ0) is 8.59. The van der Waals surface area contributed by atoms with Crippen molar-refractivity contribution in [1.82, 2.24) is 4.98 Å². The van der Waals surface area contributed by atoms with Gasteiger partial charge in [0.2, 0.25) is 0 Å². The van der Waals surface area contributed by atoms with Crippen LogP contribution in [0.2, 0.25) is 10.2 Å². The quantitative estimate of drug-likeness (QED) is 0.622. The van der Waals surface area contributed by atoms with E-state index in [9.17, 15) is 0 Å². The summed E-state index contributed by atoms with van der Waals surface area (Å²) in [5.41, 5.74) is 0. The van der Waals surface area contributed by atoms with Crippen LogP contribution in [0, 0.1) is 0 Å². The van der Waals surface area contributed by atoms with Gasteiger partial charge in [-0.15, -0.1) is 0 Å². The minimum atomic E-state index is -0.0593. The number of hydrogen-bond acceptors (Lipinski definition) is 1. The summed E-state index contributed by atoms with van der Waals surface area (Å²) in [6.07, 6.45) is -0.0593. The van der Waals surface area contributed by atoms with E-state index in [2.05, 4.69) is 20.9 Å². The van der Waals surface area contributed by atoms with Crippen LogP contribution in [0.15, 0.2) is 16.7 Å². The second-order valence-electron chi connectivity index (χ2n) is 1.27. The molecule has 0 saturated carbocycles. The SMILES string of the molecule is [2H]c1nc(Cl)c([2H])c(Cl)c1Br. The molecule has 1 aromatic rings. The van der Waals surface area contributed by atoms with Crippen molar-refractivity contribution in [2.75, 3.05) is 0 Å². The van der Waals surface area contributed by atoms with Crippen LogP contribution in [0.1, 0.15) is 2.74 Å². The lowest BCUT2D eigenvalue weighted by Crippen LogP contribution is -1.73. The molecule has 0 spiro atoms. The molecule has 1 nitrogen and oxygen atoms in total. The standard InChI is InChI=1S/C5H2BrCl2N/c6-3-2-9-5(8)1-4(3)7/h1-2H/i1D,2D. The average Bonchev–Trinajstić information content (AvgIpc) is 1.97. The van der Waals surface area contributed by atoms with Crippen LogP contribution in [0.25, 0.3) is 0 Å². The minimum absolute atomic E-state index is 0.0526. The summed E-state index contributed by atoms with van der Waals surface area (Å²) >= 11 is 14.1. The molecule has 0 atom stereocenters. The summed E-state index contributed by atoms with van der Waals surface area (Å²) in [5.74, 6) is 0. The molecule has 1 aromatic heterocycles. The van der Waals surface area contributed by atoms with Crippen molar-refractivity contribution in [3.8, 4) is 0 Å². The summed E-state index contributed by atoms with van der Waals surface area (Å²) < 4.78 is 14.7. The van der Waals surface area contributed by atoms with E-state index in [1.807, 2.05) is 0 Å². The summed E-state index contributed by atoms with van der Waals surface area (Å²) in [7, 11) is 0. The molecule has 0 radical (unpaired) electrons. The monoisotopic (exact) mass is 227 g/mol. The van der Waals surface area contributed by atoms with Crippen LogP contribution in [0.5, 0.6) is 0 Å². The molecular weight excluding hydrogens is 225 g/mol. The first-order valence-corrected chi connectivity index (χ1v) is 3.56. The molecule has 48 valence electrons. The van der Waals surface area contributed by atoms with Crippen LogP contribution >= 0.6 is 39.1 Å². The van der Waals surface area contributed by atoms with E-state index in [0.717, 1.165) is 0 Å². The summed E-state index contributed by atoms with van der Waals surface area (Å²) in [4.78, 5) is 3.55. The Morgan fingerprint density at radius 2 is 2.33 bits per heavy atom. The Labute approximate surface area is 73.9 Å². The number of halogens is 3. The number of pyridine rings is 1. The third kappa shape index (κ3) is 1.81. The van der Waals surface area contributed by atoms with Gasteiger partial charge in [0.25, 0.3) is 0 Å². The van der Waals surface area contributed by atoms with E-state index < -0.39 is 0 Å². The second-order valence-corrected chi connectivity index (χ2v) is 2.80. The fraction of sp³-hybridized carbons (Fsp3) is 0. The highest BCUT2D eigenvalue weighted by atomic mass is 79.9. The fourth-order valence-electron chi connectivity index (χ4n) is 0.321. The van der Waals surface area contributed by atoms with Gasteiger partial charge in [-0.25, -0.2) is 4.98 Å². The van der Waals surface area contributed by atoms with Gasteiger partial charge in [-0.05, 0) is 22.0 Å². The predicted octanol–water partition coefficient (Wildman–Crippen LogP) is 3.15. The average molecular weight is 229 g/mol. The highest BCUT2D eigenvalue weighted by molar-refractivity contribution is 9.10. The molecule has 0 aliphatic heterocycles. The molecule has 0 amide bonds. The molecule has 0 fully saturated rings. The van der Waals surface area contributed by atoms with E-state index in [0.29, 0.717) is 4.47 Å². The lowest BCUT2D eigenvalue weighted by molar-refractivity contribution is 1.31. The molecule has 0 aromatic carbocycles. The van der Waals surface area contributed by atoms with Crippen LogP contribution in [0.3, 0.4) is 0 Å². The van der Waals surface area contributed by atoms with Crippen molar-refractivity contribution in [3.05, 3.63) is 26.9 Å². The Kier molecular flexibility index (Phi) is 1.57. The third-order valence-electron chi connectivity index (χ3n) is 0.658. The molecular formula is C5H2BrCl2N. The Morgan fingerprint density at radius 1 is 1.67 bits per heavy atom. The van der Waals surface area contributed by atoms with E-state index in [-0.39, 0.29) is 22.4 Å². The molecule has 0 unspecified atom stereocenters. The van der Waals surface area contributed by atoms with Gasteiger partial charge >= 0.3 is 0 Å². The van der Waals surface area contributed by atoms with Gasteiger partial charge in [-0.3, -0.25) is 0 Å². The molecule has 1 rings (SSSR count). The normalized spacial score (nSPS) is 12.8. The minimum Gasteiger partial charge on any atom is -0.243 e. The lowest BCUT2D eigenvalue weighted by atomic mass is 10.5. The number of aromatic nitrogens is 1. The van der Waals surface area contributed by atoms with Crippen molar-refractivity contribution in [2.24, 2.45) is 0 Å². The molecule has 1 heterocycles. The lowest BCUT2D eigenvalue weighted by Gasteiger charge is -1.92. The van der Waals surface area contributed by atoms with Crippen molar-refractivity contribution in [3.63, 3.8) is 0 Å². The molecule has 0 N–H and O–H groups in total. The smallest absolute Gasteiger partial charge is 0.130 e. The van der Waals surface area contributed by atoms with E-state index in [1.165, 1.54) is 0 Å². The number of hydrogen-bond donors (Lipinski definition) is 0. The second kappa shape index (κ2) is 2.86. The molecule has 0 bridgehead atoms. The van der Waals surface area contributed by atoms with Crippen LogP contribution in [-0.2, 0) is 0 Å². The van der Waals surface area contributed by atoms with Crippen molar-refractivity contribution < 1.29 is 2.74 Å². The third-order valence-corrected chi connectivity index (χ3v) is 1.92. The topological polar surface area (TPSA) is 12.9 Å². The zero-order valence-corrected chi connectivity index (χ0v) is 7.18. The summed E-state index contributed by atoms with van der Waals surface area (Å²) in [6, 6.07) is -0.0591. The molecule has 4 heteroatoms. The van der Waals surface area contributed by atoms with Crippen molar-refractivity contribution in [1.29, 1.82) is 0 Å². The van der Waals surface area contributed by atoms with E-state index in [4.69, 9.17) is 25.9 Å². The van der Waals surface area contributed by atoms with E-state index in [1.54, 1.807) is 0 Å². The van der Waals surface area contributed by atoms with Gasteiger partial charge in [0.15, 0.2) is 0 Å². The number of nitrogens with zero attached hydrogens (tertiary/aromatic N) is 1. The predicted molar refractivity (Wildman–Crippen MR) is 42.0 cm³/mol. The summed E-state index contributed by atoms with van der Waals surface area (Å²) in [5, 5.41) is 0.0678.